The summed E-state index contributed by atoms with van der Waals surface area (Å²) in [5.74, 6) is -1.09. The van der Waals surface area contributed by atoms with E-state index in [0.29, 0.717) is 6.61 Å². The molecule has 1 rings (SSSR count). The molecule has 5 heteroatoms. The summed E-state index contributed by atoms with van der Waals surface area (Å²) in [7, 11) is 0. The Bertz CT molecular complexity index is 238. The van der Waals surface area contributed by atoms with Crippen LogP contribution in [0.2, 0.25) is 0 Å². The molecule has 0 unspecified atom stereocenters. The first-order valence-corrected chi connectivity index (χ1v) is 5.00. The summed E-state index contributed by atoms with van der Waals surface area (Å²) in [6.07, 6.45) is -2.50. The van der Waals surface area contributed by atoms with Gasteiger partial charge in [-0.3, -0.25) is 4.79 Å². The van der Waals surface area contributed by atoms with Crippen LogP contribution in [-0.2, 0) is 14.3 Å². The number of carbonyl (C=O) groups is 1. The van der Waals surface area contributed by atoms with Crippen molar-refractivity contribution in [3.05, 3.63) is 0 Å². The zero-order valence-electron chi connectivity index (χ0n) is 9.27. The van der Waals surface area contributed by atoms with Crippen molar-refractivity contribution in [3.8, 4) is 0 Å². The first kappa shape index (κ1) is 12.6. The van der Waals surface area contributed by atoms with Crippen LogP contribution in [0.4, 0.5) is 0 Å². The Labute approximate surface area is 89.0 Å². The van der Waals surface area contributed by atoms with E-state index in [2.05, 4.69) is 0 Å². The van der Waals surface area contributed by atoms with Gasteiger partial charge in [0.15, 0.2) is 11.6 Å². The SMILES string of the molecule is CC(=O)[C@@H](O)[C@H](O)C[C@H]1COC(C)(C)O1. The average molecular weight is 218 g/mol. The number of Topliss-reactive ketones (excluding diaryl/α,β-unsaturated/α-hetero) is 1. The summed E-state index contributed by atoms with van der Waals surface area (Å²) in [5, 5.41) is 18.8. The van der Waals surface area contributed by atoms with Crippen molar-refractivity contribution in [1.82, 2.24) is 0 Å². The predicted molar refractivity (Wildman–Crippen MR) is 52.2 cm³/mol. The van der Waals surface area contributed by atoms with E-state index in [1.54, 1.807) is 13.8 Å². The quantitative estimate of drug-likeness (QED) is 0.685. The van der Waals surface area contributed by atoms with E-state index in [0.717, 1.165) is 0 Å². The minimum Gasteiger partial charge on any atom is -0.390 e. The van der Waals surface area contributed by atoms with Crippen molar-refractivity contribution in [2.45, 2.75) is 51.3 Å². The van der Waals surface area contributed by atoms with Crippen LogP contribution in [0.1, 0.15) is 27.2 Å². The second kappa shape index (κ2) is 4.57. The smallest absolute Gasteiger partial charge is 0.163 e. The standard InChI is InChI=1S/C10H18O5/c1-6(11)9(13)8(12)4-7-5-14-10(2,3)15-7/h7-9,12-13H,4-5H2,1-3H3/t7-,8+,9+/m0/s1. The van der Waals surface area contributed by atoms with Gasteiger partial charge in [-0.25, -0.2) is 0 Å². The highest BCUT2D eigenvalue weighted by Gasteiger charge is 2.35. The maximum atomic E-state index is 10.8. The summed E-state index contributed by atoms with van der Waals surface area (Å²) < 4.78 is 10.7. The van der Waals surface area contributed by atoms with Crippen LogP contribution in [-0.4, -0.2) is 46.7 Å². The highest BCUT2D eigenvalue weighted by atomic mass is 16.7. The van der Waals surface area contributed by atoms with E-state index in [4.69, 9.17) is 9.47 Å². The van der Waals surface area contributed by atoms with Crippen LogP contribution in [0.25, 0.3) is 0 Å². The Morgan fingerprint density at radius 3 is 2.53 bits per heavy atom. The second-order valence-corrected chi connectivity index (χ2v) is 4.31. The van der Waals surface area contributed by atoms with Gasteiger partial charge in [-0.1, -0.05) is 0 Å². The molecule has 0 aromatic rings. The van der Waals surface area contributed by atoms with Crippen LogP contribution < -0.4 is 0 Å². The third-order valence-electron chi connectivity index (χ3n) is 2.35. The van der Waals surface area contributed by atoms with Gasteiger partial charge in [0.05, 0.1) is 18.8 Å². The van der Waals surface area contributed by atoms with Gasteiger partial charge in [0.2, 0.25) is 0 Å². The molecule has 1 saturated heterocycles. The zero-order chi connectivity index (χ0) is 11.6. The Hall–Kier alpha value is -0.490. The lowest BCUT2D eigenvalue weighted by Gasteiger charge is -2.20. The topological polar surface area (TPSA) is 76.0 Å². The minimum atomic E-state index is -1.34. The van der Waals surface area contributed by atoms with Crippen LogP contribution in [0.15, 0.2) is 0 Å². The lowest BCUT2D eigenvalue weighted by Crippen LogP contribution is -2.36. The lowest BCUT2D eigenvalue weighted by atomic mass is 10.0. The van der Waals surface area contributed by atoms with Gasteiger partial charge in [0.25, 0.3) is 0 Å². The third-order valence-corrected chi connectivity index (χ3v) is 2.35. The van der Waals surface area contributed by atoms with Gasteiger partial charge < -0.3 is 19.7 Å². The van der Waals surface area contributed by atoms with E-state index in [9.17, 15) is 15.0 Å². The second-order valence-electron chi connectivity index (χ2n) is 4.31. The number of aliphatic hydroxyl groups excluding tert-OH is 2. The van der Waals surface area contributed by atoms with Gasteiger partial charge in [-0.05, 0) is 20.8 Å². The van der Waals surface area contributed by atoms with Crippen LogP contribution in [0.3, 0.4) is 0 Å². The summed E-state index contributed by atoms with van der Waals surface area (Å²) in [6, 6.07) is 0. The molecular formula is C10H18O5. The fraction of sp³-hybridized carbons (Fsp3) is 0.900. The minimum absolute atomic E-state index is 0.199. The normalized spacial score (nSPS) is 28.7. The number of hydrogen-bond acceptors (Lipinski definition) is 5. The lowest BCUT2D eigenvalue weighted by molar-refractivity contribution is -0.146. The molecule has 88 valence electrons. The Morgan fingerprint density at radius 1 is 1.53 bits per heavy atom. The molecule has 0 spiro atoms. The molecule has 0 aromatic heterocycles. The van der Waals surface area contributed by atoms with Crippen LogP contribution in [0.5, 0.6) is 0 Å². The molecule has 1 aliphatic rings. The number of ether oxygens (including phenoxy) is 2. The van der Waals surface area contributed by atoms with Gasteiger partial charge in [-0.2, -0.15) is 0 Å². The largest absolute Gasteiger partial charge is 0.390 e. The van der Waals surface area contributed by atoms with Gasteiger partial charge in [0.1, 0.15) is 6.10 Å². The van der Waals surface area contributed by atoms with Crippen molar-refractivity contribution in [2.75, 3.05) is 6.61 Å². The van der Waals surface area contributed by atoms with Crippen molar-refractivity contribution < 1.29 is 24.5 Å². The fourth-order valence-electron chi connectivity index (χ4n) is 1.55. The van der Waals surface area contributed by atoms with E-state index in [1.165, 1.54) is 6.92 Å². The molecular weight excluding hydrogens is 200 g/mol. The molecule has 0 saturated carbocycles. The van der Waals surface area contributed by atoms with Crippen LogP contribution >= 0.6 is 0 Å². The van der Waals surface area contributed by atoms with Crippen molar-refractivity contribution in [1.29, 1.82) is 0 Å². The Balaban J connectivity index is 2.40. The molecule has 5 nitrogen and oxygen atoms in total. The van der Waals surface area contributed by atoms with E-state index < -0.39 is 23.8 Å². The van der Waals surface area contributed by atoms with E-state index in [-0.39, 0.29) is 12.5 Å². The molecule has 0 aliphatic carbocycles. The first-order valence-electron chi connectivity index (χ1n) is 5.00. The summed E-state index contributed by atoms with van der Waals surface area (Å²) in [4.78, 5) is 10.8. The number of hydrogen-bond donors (Lipinski definition) is 2. The molecule has 0 amide bonds. The molecule has 15 heavy (non-hydrogen) atoms. The number of rotatable bonds is 4. The fourth-order valence-corrected chi connectivity index (χ4v) is 1.55. The van der Waals surface area contributed by atoms with Gasteiger partial charge in [-0.15, -0.1) is 0 Å². The number of ketones is 1. The zero-order valence-corrected chi connectivity index (χ0v) is 9.27. The molecule has 1 heterocycles. The summed E-state index contributed by atoms with van der Waals surface area (Å²) in [6.45, 7) is 5.17. The monoisotopic (exact) mass is 218 g/mol. The van der Waals surface area contributed by atoms with E-state index in [1.807, 2.05) is 0 Å². The van der Waals surface area contributed by atoms with Crippen molar-refractivity contribution in [3.63, 3.8) is 0 Å². The summed E-state index contributed by atoms with van der Waals surface area (Å²) in [5.41, 5.74) is 0. The Morgan fingerprint density at radius 2 is 2.13 bits per heavy atom. The first-order chi connectivity index (χ1) is 6.82. The molecule has 2 N–H and O–H groups in total. The Kier molecular flexibility index (Phi) is 3.83. The third kappa shape index (κ3) is 3.53. The van der Waals surface area contributed by atoms with Gasteiger partial charge >= 0.3 is 0 Å². The van der Waals surface area contributed by atoms with Crippen molar-refractivity contribution >= 4 is 5.78 Å². The molecule has 0 radical (unpaired) electrons. The maximum Gasteiger partial charge on any atom is 0.163 e. The van der Waals surface area contributed by atoms with Crippen molar-refractivity contribution in [2.24, 2.45) is 0 Å². The summed E-state index contributed by atoms with van der Waals surface area (Å²) >= 11 is 0. The molecule has 0 aromatic carbocycles. The number of aliphatic hydroxyl groups is 2. The van der Waals surface area contributed by atoms with E-state index >= 15 is 0 Å². The highest BCUT2D eigenvalue weighted by Crippen LogP contribution is 2.25. The highest BCUT2D eigenvalue weighted by molar-refractivity contribution is 5.80. The molecule has 0 bridgehead atoms. The maximum absolute atomic E-state index is 10.8. The molecule has 1 aliphatic heterocycles. The molecule has 3 atom stereocenters. The number of carbonyl (C=O) groups excluding carboxylic acids is 1. The predicted octanol–water partition coefficient (Wildman–Crippen LogP) is -0.161. The van der Waals surface area contributed by atoms with Gasteiger partial charge in [0, 0.05) is 6.42 Å². The average Bonchev–Trinajstić information content (AvgIpc) is 2.43. The van der Waals surface area contributed by atoms with Crippen LogP contribution in [0, 0.1) is 0 Å². The molecule has 1 fully saturated rings.